The molecule has 0 bridgehead atoms. The van der Waals surface area contributed by atoms with Gasteiger partial charge in [-0.25, -0.2) is 4.39 Å². The van der Waals surface area contributed by atoms with Gasteiger partial charge in [0.05, 0.1) is 0 Å². The predicted molar refractivity (Wildman–Crippen MR) is 102 cm³/mol. The highest BCUT2D eigenvalue weighted by atomic mass is 19.1. The van der Waals surface area contributed by atoms with Crippen molar-refractivity contribution >= 4 is 5.91 Å². The van der Waals surface area contributed by atoms with E-state index in [1.165, 1.54) is 12.1 Å². The minimum Gasteiger partial charge on any atom is -0.486 e. The lowest BCUT2D eigenvalue weighted by Gasteiger charge is -2.25. The van der Waals surface area contributed by atoms with E-state index in [4.69, 9.17) is 13.9 Å². The van der Waals surface area contributed by atoms with E-state index in [2.05, 4.69) is 0 Å². The van der Waals surface area contributed by atoms with E-state index in [-0.39, 0.29) is 17.5 Å². The number of halogens is 1. The van der Waals surface area contributed by atoms with Gasteiger partial charge in [-0.3, -0.25) is 4.79 Å². The van der Waals surface area contributed by atoms with Crippen LogP contribution >= 0.6 is 0 Å². The smallest absolute Gasteiger partial charge is 0.289 e. The summed E-state index contributed by atoms with van der Waals surface area (Å²) in [6, 6.07) is 15.0. The van der Waals surface area contributed by atoms with Gasteiger partial charge in [-0.15, -0.1) is 0 Å². The number of hydrogen-bond acceptors (Lipinski definition) is 4. The van der Waals surface area contributed by atoms with Gasteiger partial charge >= 0.3 is 0 Å². The van der Waals surface area contributed by atoms with E-state index in [9.17, 15) is 9.18 Å². The van der Waals surface area contributed by atoms with Gasteiger partial charge in [-0.1, -0.05) is 12.1 Å². The van der Waals surface area contributed by atoms with Crippen LogP contribution < -0.4 is 9.47 Å². The average Bonchev–Trinajstić information content (AvgIpc) is 3.22. The Morgan fingerprint density at radius 3 is 2.61 bits per heavy atom. The maximum absolute atomic E-state index is 13.1. The van der Waals surface area contributed by atoms with Crippen molar-refractivity contribution in [3.63, 3.8) is 0 Å². The normalized spacial score (nSPS) is 12.6. The molecule has 0 atom stereocenters. The molecule has 3 aromatic rings. The second kappa shape index (κ2) is 7.76. The van der Waals surface area contributed by atoms with Crippen LogP contribution in [0.5, 0.6) is 11.5 Å². The Hall–Kier alpha value is -3.28. The molecule has 1 aliphatic heterocycles. The van der Waals surface area contributed by atoms with E-state index >= 15 is 0 Å². The number of furan rings is 1. The molecule has 2 heterocycles. The summed E-state index contributed by atoms with van der Waals surface area (Å²) in [5, 5.41) is 0. The number of carbonyl (C=O) groups excluding carboxylic acids is 1. The summed E-state index contributed by atoms with van der Waals surface area (Å²) in [6.45, 7) is 3.81. The lowest BCUT2D eigenvalue weighted by molar-refractivity contribution is 0.0718. The lowest BCUT2D eigenvalue weighted by atomic mass is 10.1. The first kappa shape index (κ1) is 18.1. The summed E-state index contributed by atoms with van der Waals surface area (Å²) in [4.78, 5) is 14.6. The van der Waals surface area contributed by atoms with Crippen molar-refractivity contribution in [1.29, 1.82) is 0 Å². The number of carbonyl (C=O) groups is 1. The number of rotatable bonds is 5. The molecule has 0 unspecified atom stereocenters. The van der Waals surface area contributed by atoms with Gasteiger partial charge in [0.25, 0.3) is 5.91 Å². The standard InChI is InChI=1S/C22H20FNO4/c1-2-24(14-16-4-3-5-19-21(16)27-13-12-26-19)22(25)20-11-10-18(28-20)15-6-8-17(23)9-7-15/h3-11H,2,12-14H2,1H3. The third kappa shape index (κ3) is 3.58. The summed E-state index contributed by atoms with van der Waals surface area (Å²) < 4.78 is 30.2. The molecule has 28 heavy (non-hydrogen) atoms. The molecule has 0 radical (unpaired) electrons. The fourth-order valence-electron chi connectivity index (χ4n) is 3.17. The molecule has 1 aromatic heterocycles. The van der Waals surface area contributed by atoms with Crippen LogP contribution in [0.25, 0.3) is 11.3 Å². The van der Waals surface area contributed by atoms with Crippen molar-refractivity contribution in [2.24, 2.45) is 0 Å². The monoisotopic (exact) mass is 381 g/mol. The van der Waals surface area contributed by atoms with Crippen LogP contribution in [-0.4, -0.2) is 30.6 Å². The average molecular weight is 381 g/mol. The zero-order chi connectivity index (χ0) is 19.5. The van der Waals surface area contributed by atoms with Gasteiger partial charge in [-0.05, 0) is 49.4 Å². The second-order valence-electron chi connectivity index (χ2n) is 6.43. The van der Waals surface area contributed by atoms with E-state index in [1.807, 2.05) is 25.1 Å². The molecular formula is C22H20FNO4. The molecule has 0 saturated carbocycles. The van der Waals surface area contributed by atoms with Gasteiger partial charge in [0.1, 0.15) is 24.8 Å². The molecule has 1 aliphatic rings. The topological polar surface area (TPSA) is 51.9 Å². The van der Waals surface area contributed by atoms with Crippen LogP contribution in [0.15, 0.2) is 59.0 Å². The Morgan fingerprint density at radius 2 is 1.82 bits per heavy atom. The fourth-order valence-corrected chi connectivity index (χ4v) is 3.17. The summed E-state index contributed by atoms with van der Waals surface area (Å²) in [7, 11) is 0. The van der Waals surface area contributed by atoms with Crippen LogP contribution in [0.1, 0.15) is 23.0 Å². The van der Waals surface area contributed by atoms with Crippen LogP contribution in [0.3, 0.4) is 0 Å². The van der Waals surface area contributed by atoms with E-state index < -0.39 is 0 Å². The molecule has 0 saturated heterocycles. The number of para-hydroxylation sites is 1. The van der Waals surface area contributed by atoms with Crippen molar-refractivity contribution in [3.05, 3.63) is 71.7 Å². The highest BCUT2D eigenvalue weighted by Crippen LogP contribution is 2.34. The van der Waals surface area contributed by atoms with Gasteiger partial charge in [-0.2, -0.15) is 0 Å². The van der Waals surface area contributed by atoms with E-state index in [1.54, 1.807) is 29.2 Å². The number of benzene rings is 2. The van der Waals surface area contributed by atoms with E-state index in [0.29, 0.717) is 49.1 Å². The Kier molecular flexibility index (Phi) is 5.02. The van der Waals surface area contributed by atoms with Crippen molar-refractivity contribution in [3.8, 4) is 22.8 Å². The van der Waals surface area contributed by atoms with Crippen molar-refractivity contribution in [2.75, 3.05) is 19.8 Å². The molecule has 0 fully saturated rings. The van der Waals surface area contributed by atoms with Crippen molar-refractivity contribution in [1.82, 2.24) is 4.90 Å². The molecule has 144 valence electrons. The zero-order valence-corrected chi connectivity index (χ0v) is 15.5. The largest absolute Gasteiger partial charge is 0.486 e. The quantitative estimate of drug-likeness (QED) is 0.652. The van der Waals surface area contributed by atoms with Gasteiger partial charge in [0, 0.05) is 24.2 Å². The third-order valence-electron chi connectivity index (χ3n) is 4.62. The summed E-state index contributed by atoms with van der Waals surface area (Å²) >= 11 is 0. The minimum absolute atomic E-state index is 0.217. The lowest BCUT2D eigenvalue weighted by Crippen LogP contribution is -2.30. The van der Waals surface area contributed by atoms with Gasteiger partial charge in [0.15, 0.2) is 17.3 Å². The number of ether oxygens (including phenoxy) is 2. The fraction of sp³-hybridized carbons (Fsp3) is 0.227. The minimum atomic E-state index is -0.318. The first-order chi connectivity index (χ1) is 13.7. The first-order valence-electron chi connectivity index (χ1n) is 9.18. The van der Waals surface area contributed by atoms with Crippen LogP contribution in [0, 0.1) is 5.82 Å². The number of amides is 1. The van der Waals surface area contributed by atoms with Crippen LogP contribution in [0.4, 0.5) is 4.39 Å². The molecule has 4 rings (SSSR count). The molecule has 6 heteroatoms. The summed E-state index contributed by atoms with van der Waals surface area (Å²) in [5.41, 5.74) is 1.60. The van der Waals surface area contributed by atoms with Gasteiger partial charge < -0.3 is 18.8 Å². The summed E-state index contributed by atoms with van der Waals surface area (Å²) in [6.07, 6.45) is 0. The molecular weight excluding hydrogens is 361 g/mol. The maximum atomic E-state index is 13.1. The van der Waals surface area contributed by atoms with E-state index in [0.717, 1.165) is 5.56 Å². The molecule has 5 nitrogen and oxygen atoms in total. The zero-order valence-electron chi connectivity index (χ0n) is 15.5. The Labute approximate surface area is 162 Å². The SMILES string of the molecule is CCN(Cc1cccc2c1OCCO2)C(=O)c1ccc(-c2ccc(F)cc2)o1. The second-order valence-corrected chi connectivity index (χ2v) is 6.43. The molecule has 2 aromatic carbocycles. The Balaban J connectivity index is 1.54. The Morgan fingerprint density at radius 1 is 1.04 bits per heavy atom. The third-order valence-corrected chi connectivity index (χ3v) is 4.62. The molecule has 0 N–H and O–H groups in total. The highest BCUT2D eigenvalue weighted by Gasteiger charge is 2.22. The first-order valence-corrected chi connectivity index (χ1v) is 9.18. The molecule has 0 spiro atoms. The number of nitrogens with zero attached hydrogens (tertiary/aromatic N) is 1. The Bertz CT molecular complexity index is 980. The molecule has 0 aliphatic carbocycles. The van der Waals surface area contributed by atoms with Crippen LogP contribution in [-0.2, 0) is 6.54 Å². The predicted octanol–water partition coefficient (Wildman–Crippen LogP) is 4.52. The van der Waals surface area contributed by atoms with Crippen molar-refractivity contribution < 1.29 is 23.1 Å². The number of fused-ring (bicyclic) bond motifs is 1. The number of hydrogen-bond donors (Lipinski definition) is 0. The highest BCUT2D eigenvalue weighted by molar-refractivity contribution is 5.92. The molecule has 1 amide bonds. The summed E-state index contributed by atoms with van der Waals surface area (Å²) in [5.74, 6) is 1.61. The van der Waals surface area contributed by atoms with Crippen LogP contribution in [0.2, 0.25) is 0 Å². The van der Waals surface area contributed by atoms with Gasteiger partial charge in [0.2, 0.25) is 0 Å². The van der Waals surface area contributed by atoms with Crippen molar-refractivity contribution in [2.45, 2.75) is 13.5 Å². The maximum Gasteiger partial charge on any atom is 0.289 e.